The van der Waals surface area contributed by atoms with Crippen LogP contribution in [0.25, 0.3) is 11.3 Å². The zero-order valence-corrected chi connectivity index (χ0v) is 11.7. The first-order valence-electron chi connectivity index (χ1n) is 6.07. The van der Waals surface area contributed by atoms with E-state index in [1.807, 2.05) is 13.8 Å². The van der Waals surface area contributed by atoms with Crippen molar-refractivity contribution in [1.82, 2.24) is 5.16 Å². The highest BCUT2D eigenvalue weighted by Gasteiger charge is 2.25. The topological polar surface area (TPSA) is 63.3 Å². The van der Waals surface area contributed by atoms with Gasteiger partial charge in [0.05, 0.1) is 0 Å². The second kappa shape index (κ2) is 5.63. The number of halogens is 2. The first kappa shape index (κ1) is 14.5. The molecule has 0 saturated heterocycles. The largest absolute Gasteiger partial charge is 0.477 e. The first-order chi connectivity index (χ1) is 9.40. The number of nitrogens with zero attached hydrogens (tertiary/aromatic N) is 1. The summed E-state index contributed by atoms with van der Waals surface area (Å²) in [6.07, 6.45) is 0.414. The molecule has 20 heavy (non-hydrogen) atoms. The highest BCUT2D eigenvalue weighted by atomic mass is 35.5. The van der Waals surface area contributed by atoms with Crippen molar-refractivity contribution in [3.8, 4) is 11.3 Å². The lowest BCUT2D eigenvalue weighted by atomic mass is 10.0. The normalized spacial score (nSPS) is 11.1. The number of hydrogen-bond acceptors (Lipinski definition) is 3. The van der Waals surface area contributed by atoms with Crippen molar-refractivity contribution in [3.05, 3.63) is 40.4 Å². The lowest BCUT2D eigenvalue weighted by Crippen LogP contribution is -2.04. The van der Waals surface area contributed by atoms with E-state index < -0.39 is 11.8 Å². The van der Waals surface area contributed by atoms with Crippen LogP contribution in [0.15, 0.2) is 22.7 Å². The molecule has 0 amide bonds. The molecule has 2 rings (SSSR count). The lowest BCUT2D eigenvalue weighted by Gasteiger charge is -2.03. The Morgan fingerprint density at radius 2 is 2.20 bits per heavy atom. The molecule has 0 saturated carbocycles. The van der Waals surface area contributed by atoms with Crippen LogP contribution in [0.1, 0.15) is 30.0 Å². The predicted octanol–water partition coefficient (Wildman–Crippen LogP) is 4.03. The Balaban J connectivity index is 2.59. The van der Waals surface area contributed by atoms with E-state index in [1.165, 1.54) is 18.2 Å². The quantitative estimate of drug-likeness (QED) is 0.925. The molecule has 0 atom stereocenters. The third-order valence-electron chi connectivity index (χ3n) is 2.75. The zero-order valence-electron chi connectivity index (χ0n) is 11.0. The maximum atomic E-state index is 13.8. The van der Waals surface area contributed by atoms with Gasteiger partial charge in [0.2, 0.25) is 0 Å². The molecule has 106 valence electrons. The number of benzene rings is 1. The minimum atomic E-state index is -1.20. The Morgan fingerprint density at radius 3 is 2.80 bits per heavy atom. The minimum Gasteiger partial charge on any atom is -0.477 e. The summed E-state index contributed by atoms with van der Waals surface area (Å²) in [5, 5.41) is 13.3. The number of carboxylic acid groups (broad SMARTS) is 1. The third-order valence-corrected chi connectivity index (χ3v) is 2.99. The average Bonchev–Trinajstić information content (AvgIpc) is 2.75. The van der Waals surface area contributed by atoms with Crippen molar-refractivity contribution in [2.24, 2.45) is 5.92 Å². The van der Waals surface area contributed by atoms with Gasteiger partial charge in [-0.3, -0.25) is 0 Å². The fourth-order valence-electron chi connectivity index (χ4n) is 1.92. The molecule has 1 aromatic carbocycles. The molecule has 0 aliphatic heterocycles. The van der Waals surface area contributed by atoms with E-state index in [0.29, 0.717) is 11.4 Å². The van der Waals surface area contributed by atoms with Gasteiger partial charge in [0.15, 0.2) is 5.76 Å². The fraction of sp³-hybridized carbons (Fsp3) is 0.286. The van der Waals surface area contributed by atoms with Crippen LogP contribution in [-0.2, 0) is 6.42 Å². The predicted molar refractivity (Wildman–Crippen MR) is 72.4 cm³/mol. The van der Waals surface area contributed by atoms with Crippen LogP contribution in [0.5, 0.6) is 0 Å². The van der Waals surface area contributed by atoms with Crippen molar-refractivity contribution < 1.29 is 18.8 Å². The van der Waals surface area contributed by atoms with Gasteiger partial charge in [-0.1, -0.05) is 30.6 Å². The number of carbonyl (C=O) groups is 1. The third kappa shape index (κ3) is 2.82. The maximum absolute atomic E-state index is 13.8. The van der Waals surface area contributed by atoms with E-state index in [-0.39, 0.29) is 28.5 Å². The van der Waals surface area contributed by atoms with Crippen LogP contribution in [0.2, 0.25) is 5.02 Å². The minimum absolute atomic E-state index is 0.0219. The number of aromatic carboxylic acids is 1. The summed E-state index contributed by atoms with van der Waals surface area (Å²) in [6, 6.07) is 3.89. The summed E-state index contributed by atoms with van der Waals surface area (Å²) in [5.74, 6) is -1.36. The maximum Gasteiger partial charge on any atom is 0.341 e. The monoisotopic (exact) mass is 297 g/mol. The fourth-order valence-corrected chi connectivity index (χ4v) is 2.09. The number of hydrogen-bond donors (Lipinski definition) is 1. The van der Waals surface area contributed by atoms with E-state index in [2.05, 4.69) is 5.16 Å². The summed E-state index contributed by atoms with van der Waals surface area (Å²) in [4.78, 5) is 11.4. The van der Waals surface area contributed by atoms with Crippen LogP contribution >= 0.6 is 11.6 Å². The van der Waals surface area contributed by atoms with E-state index in [9.17, 15) is 14.3 Å². The molecule has 0 aliphatic carbocycles. The second-order valence-electron chi connectivity index (χ2n) is 4.86. The summed E-state index contributed by atoms with van der Waals surface area (Å²) in [5.41, 5.74) is -0.123. The van der Waals surface area contributed by atoms with E-state index in [0.717, 1.165) is 0 Å². The van der Waals surface area contributed by atoms with E-state index in [4.69, 9.17) is 16.1 Å². The molecule has 0 fully saturated rings. The Bertz CT molecular complexity index is 652. The Labute approximate surface area is 120 Å². The van der Waals surface area contributed by atoms with Gasteiger partial charge in [-0.15, -0.1) is 0 Å². The highest BCUT2D eigenvalue weighted by molar-refractivity contribution is 6.30. The standard InChI is InChI=1S/C14H13ClFNO3/c1-7(2)5-11-12(14(18)19)13(17-20-11)9-6-8(15)3-4-10(9)16/h3-4,6-7H,5H2,1-2H3,(H,18,19). The summed E-state index contributed by atoms with van der Waals surface area (Å²) in [6.45, 7) is 3.85. The molecule has 2 aromatic rings. The molecule has 0 bridgehead atoms. The molecule has 1 heterocycles. The molecule has 0 radical (unpaired) electrons. The SMILES string of the molecule is CC(C)Cc1onc(-c2cc(Cl)ccc2F)c1C(=O)O. The van der Waals surface area contributed by atoms with Crippen molar-refractivity contribution in [2.75, 3.05) is 0 Å². The van der Waals surface area contributed by atoms with Gasteiger partial charge in [0, 0.05) is 17.0 Å². The van der Waals surface area contributed by atoms with Crippen LogP contribution in [0.4, 0.5) is 4.39 Å². The van der Waals surface area contributed by atoms with Crippen molar-refractivity contribution in [3.63, 3.8) is 0 Å². The summed E-state index contributed by atoms with van der Waals surface area (Å²) in [7, 11) is 0. The Hall–Kier alpha value is -1.88. The Kier molecular flexibility index (Phi) is 4.09. The molecule has 0 spiro atoms. The van der Waals surface area contributed by atoms with Gasteiger partial charge in [-0.05, 0) is 24.1 Å². The zero-order chi connectivity index (χ0) is 14.9. The number of rotatable bonds is 4. The number of aromatic nitrogens is 1. The van der Waals surface area contributed by atoms with Gasteiger partial charge in [0.1, 0.15) is 17.1 Å². The molecule has 0 unspecified atom stereocenters. The van der Waals surface area contributed by atoms with Gasteiger partial charge in [-0.25, -0.2) is 9.18 Å². The molecule has 1 N–H and O–H groups in total. The molecule has 0 aliphatic rings. The van der Waals surface area contributed by atoms with Gasteiger partial charge < -0.3 is 9.63 Å². The highest BCUT2D eigenvalue weighted by Crippen LogP contribution is 2.30. The average molecular weight is 298 g/mol. The first-order valence-corrected chi connectivity index (χ1v) is 6.45. The Morgan fingerprint density at radius 1 is 1.50 bits per heavy atom. The summed E-state index contributed by atoms with van der Waals surface area (Å²) >= 11 is 5.82. The van der Waals surface area contributed by atoms with Gasteiger partial charge in [0.25, 0.3) is 0 Å². The van der Waals surface area contributed by atoms with Crippen LogP contribution in [0.3, 0.4) is 0 Å². The van der Waals surface area contributed by atoms with Gasteiger partial charge >= 0.3 is 5.97 Å². The van der Waals surface area contributed by atoms with E-state index in [1.54, 1.807) is 0 Å². The number of carboxylic acids is 1. The molecular formula is C14H13ClFNO3. The molecular weight excluding hydrogens is 285 g/mol. The molecule has 1 aromatic heterocycles. The van der Waals surface area contributed by atoms with Crippen LogP contribution in [-0.4, -0.2) is 16.2 Å². The second-order valence-corrected chi connectivity index (χ2v) is 5.29. The van der Waals surface area contributed by atoms with Crippen LogP contribution in [0, 0.1) is 11.7 Å². The molecule has 6 heteroatoms. The summed E-state index contributed by atoms with van der Waals surface area (Å²) < 4.78 is 18.9. The smallest absolute Gasteiger partial charge is 0.341 e. The van der Waals surface area contributed by atoms with Crippen LogP contribution < -0.4 is 0 Å². The van der Waals surface area contributed by atoms with Crippen molar-refractivity contribution >= 4 is 17.6 Å². The van der Waals surface area contributed by atoms with Crippen molar-refractivity contribution in [2.45, 2.75) is 20.3 Å². The van der Waals surface area contributed by atoms with E-state index >= 15 is 0 Å². The molecule has 4 nitrogen and oxygen atoms in total. The van der Waals surface area contributed by atoms with Gasteiger partial charge in [-0.2, -0.15) is 0 Å². The van der Waals surface area contributed by atoms with Crippen molar-refractivity contribution in [1.29, 1.82) is 0 Å². The lowest BCUT2D eigenvalue weighted by molar-refractivity contribution is 0.0695.